The highest BCUT2D eigenvalue weighted by atomic mass is 79.9. The molecular formula is C13H13BrO3. The van der Waals surface area contributed by atoms with Crippen molar-refractivity contribution in [1.82, 2.24) is 0 Å². The summed E-state index contributed by atoms with van der Waals surface area (Å²) in [7, 11) is 0. The first kappa shape index (κ1) is 12.3. The lowest BCUT2D eigenvalue weighted by Crippen LogP contribution is -2.15. The molecule has 0 bridgehead atoms. The molecule has 0 heterocycles. The Bertz CT molecular complexity index is 438. The summed E-state index contributed by atoms with van der Waals surface area (Å²) in [6, 6.07) is 7.00. The van der Waals surface area contributed by atoms with E-state index in [4.69, 9.17) is 4.74 Å². The Hall–Kier alpha value is -1.16. The Morgan fingerprint density at radius 3 is 2.47 bits per heavy atom. The zero-order chi connectivity index (χ0) is 12.4. The van der Waals surface area contributed by atoms with Crippen molar-refractivity contribution in [3.8, 4) is 0 Å². The smallest absolute Gasteiger partial charge is 0.309 e. The molecule has 0 aliphatic heterocycles. The Balaban J connectivity index is 1.85. The Kier molecular flexibility index (Phi) is 3.62. The largest absolute Gasteiger partial charge is 0.457 e. The molecule has 17 heavy (non-hydrogen) atoms. The number of benzene rings is 1. The fourth-order valence-corrected chi connectivity index (χ4v) is 1.88. The van der Waals surface area contributed by atoms with Crippen molar-refractivity contribution in [3.63, 3.8) is 0 Å². The van der Waals surface area contributed by atoms with E-state index in [0.717, 1.165) is 10.9 Å². The molecule has 1 aliphatic carbocycles. The number of carbonyl (C=O) groups excluding carboxylic acids is 2. The maximum absolute atomic E-state index is 11.7. The molecule has 0 aromatic heterocycles. The fraction of sp³-hybridized carbons (Fsp3) is 0.385. The average molecular weight is 297 g/mol. The van der Waals surface area contributed by atoms with Crippen LogP contribution < -0.4 is 0 Å². The molecule has 0 spiro atoms. The molecule has 1 fully saturated rings. The average Bonchev–Trinajstić information content (AvgIpc) is 3.04. The number of esters is 1. The number of Topliss-reactive ketones (excluding diaryl/α,β-unsaturated/α-hetero) is 1. The van der Waals surface area contributed by atoms with E-state index in [0.29, 0.717) is 11.5 Å². The summed E-state index contributed by atoms with van der Waals surface area (Å²) in [6.45, 7) is 1.84. The van der Waals surface area contributed by atoms with Crippen LogP contribution >= 0.6 is 15.9 Å². The normalized spacial score (nSPS) is 22.0. The predicted octanol–water partition coefficient (Wildman–Crippen LogP) is 2.83. The second-order valence-electron chi connectivity index (χ2n) is 4.36. The molecule has 1 aliphatic rings. The van der Waals surface area contributed by atoms with E-state index in [9.17, 15) is 9.59 Å². The van der Waals surface area contributed by atoms with Crippen molar-refractivity contribution in [2.75, 3.05) is 6.61 Å². The summed E-state index contributed by atoms with van der Waals surface area (Å²) in [5.74, 6) is 0.000107. The van der Waals surface area contributed by atoms with Crippen LogP contribution in [0.4, 0.5) is 0 Å². The molecule has 3 nitrogen and oxygen atoms in total. The van der Waals surface area contributed by atoms with Gasteiger partial charge in [-0.3, -0.25) is 9.59 Å². The van der Waals surface area contributed by atoms with Gasteiger partial charge in [0.05, 0.1) is 5.92 Å². The lowest BCUT2D eigenvalue weighted by molar-refractivity contribution is -0.144. The highest BCUT2D eigenvalue weighted by Crippen LogP contribution is 2.38. The molecule has 1 aromatic carbocycles. The zero-order valence-corrected chi connectivity index (χ0v) is 11.1. The fourth-order valence-electron chi connectivity index (χ4n) is 1.61. The molecule has 90 valence electrons. The highest BCUT2D eigenvalue weighted by molar-refractivity contribution is 9.10. The lowest BCUT2D eigenvalue weighted by atomic mass is 10.1. The summed E-state index contributed by atoms with van der Waals surface area (Å²) in [4.78, 5) is 23.1. The molecule has 1 aromatic rings. The van der Waals surface area contributed by atoms with Crippen LogP contribution in [0.5, 0.6) is 0 Å². The lowest BCUT2D eigenvalue weighted by Gasteiger charge is -2.03. The molecular weight excluding hydrogens is 284 g/mol. The van der Waals surface area contributed by atoms with Crippen LogP contribution in [0.2, 0.25) is 0 Å². The molecule has 0 amide bonds. The highest BCUT2D eigenvalue weighted by Gasteiger charge is 2.40. The summed E-state index contributed by atoms with van der Waals surface area (Å²) in [6.07, 6.45) is 0.880. The standard InChI is InChI=1S/C13H13BrO3/c1-8-6-11(8)13(16)17-7-12(15)9-2-4-10(14)5-3-9/h2-5,8,11H,6-7H2,1H3. The minimum absolute atomic E-state index is 0.00715. The number of halogens is 1. The van der Waals surface area contributed by atoms with Crippen molar-refractivity contribution in [1.29, 1.82) is 0 Å². The predicted molar refractivity (Wildman–Crippen MR) is 66.7 cm³/mol. The molecule has 0 radical (unpaired) electrons. The van der Waals surface area contributed by atoms with E-state index in [1.54, 1.807) is 24.3 Å². The zero-order valence-electron chi connectivity index (χ0n) is 9.48. The van der Waals surface area contributed by atoms with Crippen LogP contribution in [0.3, 0.4) is 0 Å². The number of ether oxygens (including phenoxy) is 1. The van der Waals surface area contributed by atoms with Gasteiger partial charge in [-0.25, -0.2) is 0 Å². The summed E-state index contributed by atoms with van der Waals surface area (Å²) in [5.41, 5.74) is 0.560. The SMILES string of the molecule is CC1CC1C(=O)OCC(=O)c1ccc(Br)cc1. The molecule has 4 heteroatoms. The van der Waals surface area contributed by atoms with E-state index >= 15 is 0 Å². The van der Waals surface area contributed by atoms with E-state index in [1.807, 2.05) is 6.92 Å². The van der Waals surface area contributed by atoms with Gasteiger partial charge in [-0.2, -0.15) is 0 Å². The maximum Gasteiger partial charge on any atom is 0.309 e. The van der Waals surface area contributed by atoms with Gasteiger partial charge in [-0.05, 0) is 24.5 Å². The van der Waals surface area contributed by atoms with Gasteiger partial charge >= 0.3 is 5.97 Å². The van der Waals surface area contributed by atoms with Crippen LogP contribution in [0.25, 0.3) is 0 Å². The molecule has 0 saturated heterocycles. The van der Waals surface area contributed by atoms with Gasteiger partial charge in [-0.1, -0.05) is 35.0 Å². The quantitative estimate of drug-likeness (QED) is 0.634. The maximum atomic E-state index is 11.7. The van der Waals surface area contributed by atoms with Gasteiger partial charge in [0.15, 0.2) is 12.4 Å². The van der Waals surface area contributed by atoms with Gasteiger partial charge in [-0.15, -0.1) is 0 Å². The summed E-state index contributed by atoms with van der Waals surface area (Å²) < 4.78 is 5.90. The number of hydrogen-bond acceptors (Lipinski definition) is 3. The number of carbonyl (C=O) groups is 2. The Labute approximate surface area is 108 Å². The van der Waals surface area contributed by atoms with Gasteiger partial charge < -0.3 is 4.74 Å². The van der Waals surface area contributed by atoms with Crippen LogP contribution in [0.1, 0.15) is 23.7 Å². The monoisotopic (exact) mass is 296 g/mol. The first-order valence-corrected chi connectivity index (χ1v) is 6.32. The number of ketones is 1. The van der Waals surface area contributed by atoms with Gasteiger partial charge in [0.1, 0.15) is 0 Å². The third-order valence-electron chi connectivity index (χ3n) is 2.92. The first-order valence-electron chi connectivity index (χ1n) is 5.53. The minimum Gasteiger partial charge on any atom is -0.457 e. The minimum atomic E-state index is -0.247. The second kappa shape index (κ2) is 5.00. The summed E-state index contributed by atoms with van der Waals surface area (Å²) in [5, 5.41) is 0. The van der Waals surface area contributed by atoms with Gasteiger partial charge in [0.2, 0.25) is 0 Å². The molecule has 2 atom stereocenters. The van der Waals surface area contributed by atoms with E-state index in [2.05, 4.69) is 15.9 Å². The molecule has 1 saturated carbocycles. The van der Waals surface area contributed by atoms with Crippen molar-refractivity contribution >= 4 is 27.7 Å². The van der Waals surface area contributed by atoms with Gasteiger partial charge in [0, 0.05) is 10.0 Å². The molecule has 2 rings (SSSR count). The van der Waals surface area contributed by atoms with Crippen LogP contribution in [-0.4, -0.2) is 18.4 Å². The molecule has 2 unspecified atom stereocenters. The third-order valence-corrected chi connectivity index (χ3v) is 3.45. The van der Waals surface area contributed by atoms with Crippen LogP contribution in [0, 0.1) is 11.8 Å². The van der Waals surface area contributed by atoms with Crippen LogP contribution in [-0.2, 0) is 9.53 Å². The Morgan fingerprint density at radius 2 is 1.94 bits per heavy atom. The van der Waals surface area contributed by atoms with E-state index < -0.39 is 0 Å². The first-order chi connectivity index (χ1) is 8.08. The second-order valence-corrected chi connectivity index (χ2v) is 5.27. The third kappa shape index (κ3) is 3.16. The molecule has 0 N–H and O–H groups in total. The summed E-state index contributed by atoms with van der Waals surface area (Å²) >= 11 is 3.29. The Morgan fingerprint density at radius 1 is 1.35 bits per heavy atom. The van der Waals surface area contributed by atoms with Crippen molar-refractivity contribution in [2.24, 2.45) is 11.8 Å². The number of hydrogen-bond donors (Lipinski definition) is 0. The van der Waals surface area contributed by atoms with Crippen molar-refractivity contribution < 1.29 is 14.3 Å². The number of rotatable bonds is 4. The topological polar surface area (TPSA) is 43.4 Å². The van der Waals surface area contributed by atoms with E-state index in [-0.39, 0.29) is 24.3 Å². The van der Waals surface area contributed by atoms with E-state index in [1.165, 1.54) is 0 Å². The van der Waals surface area contributed by atoms with Crippen molar-refractivity contribution in [3.05, 3.63) is 34.3 Å². The van der Waals surface area contributed by atoms with Crippen LogP contribution in [0.15, 0.2) is 28.7 Å². The van der Waals surface area contributed by atoms with Gasteiger partial charge in [0.25, 0.3) is 0 Å². The van der Waals surface area contributed by atoms with Crippen molar-refractivity contribution in [2.45, 2.75) is 13.3 Å².